The summed E-state index contributed by atoms with van der Waals surface area (Å²) >= 11 is 0. The molecule has 1 unspecified atom stereocenters. The quantitative estimate of drug-likeness (QED) is 0.701. The number of nitrogens with zero attached hydrogens (tertiary/aromatic N) is 1. The minimum absolute atomic E-state index is 0.0641. The van der Waals surface area contributed by atoms with Crippen LogP contribution < -0.4 is 11.1 Å². The molecule has 0 saturated carbocycles. The Balaban J connectivity index is 2.68. The van der Waals surface area contributed by atoms with E-state index >= 15 is 0 Å². The third-order valence-corrected chi connectivity index (χ3v) is 2.92. The molecule has 1 heterocycles. The van der Waals surface area contributed by atoms with Gasteiger partial charge in [-0.15, -0.1) is 0 Å². The number of nitrogens with two attached hydrogens (primary N) is 1. The van der Waals surface area contributed by atoms with Gasteiger partial charge in [-0.1, -0.05) is 20.3 Å². The third-order valence-electron chi connectivity index (χ3n) is 2.92. The van der Waals surface area contributed by atoms with Crippen molar-refractivity contribution in [1.82, 2.24) is 10.2 Å². The maximum absolute atomic E-state index is 12.0. The van der Waals surface area contributed by atoms with Crippen LogP contribution in [0, 0.1) is 0 Å². The zero-order chi connectivity index (χ0) is 12.1. The lowest BCUT2D eigenvalue weighted by Crippen LogP contribution is -2.59. The number of rotatable bonds is 4. The molecule has 1 aliphatic heterocycles. The maximum atomic E-state index is 12.0. The molecule has 5 nitrogen and oxygen atoms in total. The predicted octanol–water partition coefficient (Wildman–Crippen LogP) is -0.149. The maximum Gasteiger partial charge on any atom is 0.242 e. The zero-order valence-corrected chi connectivity index (χ0v) is 10.0. The number of amides is 2. The lowest BCUT2D eigenvalue weighted by Gasteiger charge is -2.36. The van der Waals surface area contributed by atoms with Gasteiger partial charge in [0.05, 0.1) is 6.04 Å². The summed E-state index contributed by atoms with van der Waals surface area (Å²) in [5.41, 5.74) is 5.80. The van der Waals surface area contributed by atoms with Crippen molar-refractivity contribution < 1.29 is 9.59 Å². The van der Waals surface area contributed by atoms with Crippen LogP contribution in [0.25, 0.3) is 0 Å². The van der Waals surface area contributed by atoms with E-state index < -0.39 is 6.04 Å². The Morgan fingerprint density at radius 3 is 2.88 bits per heavy atom. The van der Waals surface area contributed by atoms with Crippen LogP contribution in [0.5, 0.6) is 0 Å². The first-order chi connectivity index (χ1) is 7.61. The van der Waals surface area contributed by atoms with E-state index in [2.05, 4.69) is 5.32 Å². The highest BCUT2D eigenvalue weighted by Gasteiger charge is 2.33. The first kappa shape index (κ1) is 13.0. The van der Waals surface area contributed by atoms with E-state index in [1.165, 1.54) is 0 Å². The topological polar surface area (TPSA) is 75.4 Å². The van der Waals surface area contributed by atoms with Gasteiger partial charge in [0.2, 0.25) is 11.8 Å². The molecule has 5 heteroatoms. The van der Waals surface area contributed by atoms with Crippen molar-refractivity contribution in [2.45, 2.75) is 45.2 Å². The van der Waals surface area contributed by atoms with Gasteiger partial charge in [0.1, 0.15) is 6.04 Å². The Hall–Kier alpha value is -1.10. The van der Waals surface area contributed by atoms with Crippen LogP contribution in [0.3, 0.4) is 0 Å². The van der Waals surface area contributed by atoms with Crippen molar-refractivity contribution in [2.75, 3.05) is 13.1 Å². The fourth-order valence-electron chi connectivity index (χ4n) is 2.03. The van der Waals surface area contributed by atoms with Crippen LogP contribution in [0.4, 0.5) is 0 Å². The summed E-state index contributed by atoms with van der Waals surface area (Å²) in [5, 5.41) is 2.77. The van der Waals surface area contributed by atoms with Crippen LogP contribution in [0.15, 0.2) is 0 Å². The number of hydrogen-bond acceptors (Lipinski definition) is 3. The van der Waals surface area contributed by atoms with Crippen molar-refractivity contribution in [3.8, 4) is 0 Å². The number of carbonyl (C=O) groups excluding carboxylic acids is 2. The molecular formula is C11H21N3O2. The molecule has 0 aliphatic carbocycles. The lowest BCUT2D eigenvalue weighted by atomic mass is 10.1. The Morgan fingerprint density at radius 2 is 2.31 bits per heavy atom. The number of nitrogens with one attached hydrogen (secondary N) is 1. The van der Waals surface area contributed by atoms with Crippen molar-refractivity contribution in [1.29, 1.82) is 0 Å². The number of hydrogen-bond donors (Lipinski definition) is 2. The molecule has 0 bridgehead atoms. The molecule has 0 aromatic carbocycles. The van der Waals surface area contributed by atoms with E-state index in [0.29, 0.717) is 25.9 Å². The van der Waals surface area contributed by atoms with Gasteiger partial charge in [0.15, 0.2) is 0 Å². The standard InChI is InChI=1S/C11H21N3O2/c1-3-5-8(12)11(16)14-7-6-13-10(15)9(14)4-2/h8-9H,3-7,12H2,1-2H3,(H,13,15)/t8-,9?/m0/s1. The van der Waals surface area contributed by atoms with Gasteiger partial charge in [0.25, 0.3) is 0 Å². The van der Waals surface area contributed by atoms with Crippen LogP contribution >= 0.6 is 0 Å². The van der Waals surface area contributed by atoms with Crippen LogP contribution in [0.1, 0.15) is 33.1 Å². The fraction of sp³-hybridized carbons (Fsp3) is 0.818. The van der Waals surface area contributed by atoms with Gasteiger partial charge < -0.3 is 16.0 Å². The number of carbonyl (C=O) groups is 2. The molecule has 0 aromatic heterocycles. The molecular weight excluding hydrogens is 206 g/mol. The van der Waals surface area contributed by atoms with Crippen LogP contribution in [-0.4, -0.2) is 41.9 Å². The minimum atomic E-state index is -0.468. The molecule has 0 spiro atoms. The first-order valence-corrected chi connectivity index (χ1v) is 5.95. The summed E-state index contributed by atoms with van der Waals surface area (Å²) in [7, 11) is 0. The second-order valence-corrected chi connectivity index (χ2v) is 4.14. The highest BCUT2D eigenvalue weighted by molar-refractivity contribution is 5.90. The fourth-order valence-corrected chi connectivity index (χ4v) is 2.03. The summed E-state index contributed by atoms with van der Waals surface area (Å²) < 4.78 is 0. The van der Waals surface area contributed by atoms with Gasteiger partial charge in [-0.3, -0.25) is 9.59 Å². The molecule has 2 amide bonds. The van der Waals surface area contributed by atoms with E-state index in [9.17, 15) is 9.59 Å². The molecule has 2 atom stereocenters. The van der Waals surface area contributed by atoms with E-state index in [1.807, 2.05) is 13.8 Å². The largest absolute Gasteiger partial charge is 0.353 e. The van der Waals surface area contributed by atoms with E-state index in [1.54, 1.807) is 4.90 Å². The molecule has 3 N–H and O–H groups in total. The van der Waals surface area contributed by atoms with Crippen LogP contribution in [0.2, 0.25) is 0 Å². The Labute approximate surface area is 96.4 Å². The molecule has 1 fully saturated rings. The monoisotopic (exact) mass is 227 g/mol. The normalized spacial score (nSPS) is 22.8. The second kappa shape index (κ2) is 5.84. The van der Waals surface area contributed by atoms with Crippen molar-refractivity contribution in [3.63, 3.8) is 0 Å². The molecule has 0 aromatic rings. The van der Waals surface area contributed by atoms with Gasteiger partial charge in [-0.2, -0.15) is 0 Å². The minimum Gasteiger partial charge on any atom is -0.353 e. The number of piperazine rings is 1. The zero-order valence-electron chi connectivity index (χ0n) is 10.0. The van der Waals surface area contributed by atoms with Gasteiger partial charge >= 0.3 is 0 Å². The van der Waals surface area contributed by atoms with E-state index in [0.717, 1.165) is 6.42 Å². The molecule has 92 valence electrons. The predicted molar refractivity (Wildman–Crippen MR) is 61.7 cm³/mol. The Bertz CT molecular complexity index is 268. The van der Waals surface area contributed by atoms with Crippen LogP contribution in [-0.2, 0) is 9.59 Å². The van der Waals surface area contributed by atoms with Gasteiger partial charge in [-0.05, 0) is 12.8 Å². The van der Waals surface area contributed by atoms with E-state index in [-0.39, 0.29) is 17.9 Å². The highest BCUT2D eigenvalue weighted by Crippen LogP contribution is 2.11. The summed E-state index contributed by atoms with van der Waals surface area (Å²) in [4.78, 5) is 25.2. The average Bonchev–Trinajstić information content (AvgIpc) is 2.28. The lowest BCUT2D eigenvalue weighted by molar-refractivity contribution is -0.144. The molecule has 1 rings (SSSR count). The summed E-state index contributed by atoms with van der Waals surface area (Å²) in [6, 6.07) is -0.811. The summed E-state index contributed by atoms with van der Waals surface area (Å²) in [6.07, 6.45) is 2.19. The Kier molecular flexibility index (Phi) is 4.73. The van der Waals surface area contributed by atoms with Gasteiger partial charge in [-0.25, -0.2) is 0 Å². The third kappa shape index (κ3) is 2.72. The van der Waals surface area contributed by atoms with Crippen molar-refractivity contribution >= 4 is 11.8 Å². The molecule has 16 heavy (non-hydrogen) atoms. The molecule has 1 saturated heterocycles. The molecule has 0 radical (unpaired) electrons. The van der Waals surface area contributed by atoms with Crippen molar-refractivity contribution in [3.05, 3.63) is 0 Å². The average molecular weight is 227 g/mol. The molecule has 1 aliphatic rings. The smallest absolute Gasteiger partial charge is 0.242 e. The van der Waals surface area contributed by atoms with Crippen molar-refractivity contribution in [2.24, 2.45) is 5.73 Å². The second-order valence-electron chi connectivity index (χ2n) is 4.14. The summed E-state index contributed by atoms with van der Waals surface area (Å²) in [6.45, 7) is 4.99. The SMILES string of the molecule is CCC[C@H](N)C(=O)N1CCNC(=O)C1CC. The van der Waals surface area contributed by atoms with Gasteiger partial charge in [0, 0.05) is 13.1 Å². The first-order valence-electron chi connectivity index (χ1n) is 5.95. The van der Waals surface area contributed by atoms with E-state index in [4.69, 9.17) is 5.73 Å². The summed E-state index contributed by atoms with van der Waals surface area (Å²) in [5.74, 6) is -0.158. The highest BCUT2D eigenvalue weighted by atomic mass is 16.2. The Morgan fingerprint density at radius 1 is 1.62 bits per heavy atom.